The van der Waals surface area contributed by atoms with E-state index in [9.17, 15) is 9.59 Å². The van der Waals surface area contributed by atoms with Crippen molar-refractivity contribution < 1.29 is 0 Å². The maximum absolute atomic E-state index is 12.1. The van der Waals surface area contributed by atoms with Crippen molar-refractivity contribution in [2.45, 2.75) is 39.7 Å². The molecule has 4 nitrogen and oxygen atoms in total. The van der Waals surface area contributed by atoms with Crippen LogP contribution in [0.15, 0.2) is 40.1 Å². The Hall–Kier alpha value is -2.54. The van der Waals surface area contributed by atoms with E-state index in [0.29, 0.717) is 12.1 Å². The minimum Gasteiger partial charge on any atom is -0.296 e. The van der Waals surface area contributed by atoms with Crippen molar-refractivity contribution in [2.24, 2.45) is 7.05 Å². The van der Waals surface area contributed by atoms with Gasteiger partial charge in [0.05, 0.1) is 6.54 Å². The first-order valence-electron chi connectivity index (χ1n) is 7.87. The van der Waals surface area contributed by atoms with Crippen LogP contribution in [0.4, 0.5) is 0 Å². The fourth-order valence-electron chi connectivity index (χ4n) is 2.32. The number of aromatic nitrogens is 2. The van der Waals surface area contributed by atoms with E-state index >= 15 is 0 Å². The molecule has 1 aromatic heterocycles. The van der Waals surface area contributed by atoms with Crippen LogP contribution in [-0.2, 0) is 13.6 Å². The Balaban J connectivity index is 2.17. The molecule has 0 amide bonds. The average molecular weight is 310 g/mol. The van der Waals surface area contributed by atoms with Crippen molar-refractivity contribution in [3.8, 4) is 11.8 Å². The Labute approximate surface area is 136 Å². The average Bonchev–Trinajstić information content (AvgIpc) is 2.56. The van der Waals surface area contributed by atoms with E-state index in [4.69, 9.17) is 0 Å². The number of aryl methyl sites for hydroxylation is 1. The van der Waals surface area contributed by atoms with E-state index in [2.05, 4.69) is 18.8 Å². The summed E-state index contributed by atoms with van der Waals surface area (Å²) < 4.78 is 2.70. The van der Waals surface area contributed by atoms with Crippen LogP contribution in [0.3, 0.4) is 0 Å². The molecule has 0 fully saturated rings. The molecular weight excluding hydrogens is 288 g/mol. The molecule has 2 rings (SSSR count). The Kier molecular flexibility index (Phi) is 5.59. The molecule has 0 radical (unpaired) electrons. The summed E-state index contributed by atoms with van der Waals surface area (Å²) in [5.74, 6) is 6.30. The number of hydrogen-bond acceptors (Lipinski definition) is 2. The first-order chi connectivity index (χ1) is 11.0. The lowest BCUT2D eigenvalue weighted by Gasteiger charge is -2.09. The van der Waals surface area contributed by atoms with Crippen LogP contribution in [0.5, 0.6) is 0 Å². The fraction of sp³-hybridized carbons (Fsp3) is 0.368. The predicted octanol–water partition coefficient (Wildman–Crippen LogP) is 2.45. The van der Waals surface area contributed by atoms with E-state index in [1.54, 1.807) is 17.7 Å². The Morgan fingerprint density at radius 1 is 1.13 bits per heavy atom. The van der Waals surface area contributed by atoms with Gasteiger partial charge >= 0.3 is 5.69 Å². The normalized spacial score (nSPS) is 10.2. The smallest absolute Gasteiger partial charge is 0.296 e. The van der Waals surface area contributed by atoms with E-state index in [1.807, 2.05) is 24.3 Å². The Morgan fingerprint density at radius 2 is 1.83 bits per heavy atom. The van der Waals surface area contributed by atoms with Crippen molar-refractivity contribution >= 4 is 0 Å². The first kappa shape index (κ1) is 16.8. The van der Waals surface area contributed by atoms with Crippen molar-refractivity contribution in [1.29, 1.82) is 0 Å². The van der Waals surface area contributed by atoms with Gasteiger partial charge in [0.2, 0.25) is 0 Å². The zero-order valence-electron chi connectivity index (χ0n) is 13.9. The van der Waals surface area contributed by atoms with Crippen LogP contribution in [0.1, 0.15) is 42.9 Å². The van der Waals surface area contributed by atoms with Gasteiger partial charge in [-0.25, -0.2) is 4.79 Å². The second-order valence-electron chi connectivity index (χ2n) is 5.69. The third-order valence-corrected chi connectivity index (χ3v) is 3.72. The van der Waals surface area contributed by atoms with Crippen LogP contribution in [-0.4, -0.2) is 9.13 Å². The van der Waals surface area contributed by atoms with Crippen LogP contribution < -0.4 is 11.2 Å². The monoisotopic (exact) mass is 310 g/mol. The summed E-state index contributed by atoms with van der Waals surface area (Å²) in [7, 11) is 1.50. The molecular formula is C19H22N2O2. The molecule has 0 N–H and O–H groups in total. The molecule has 4 heteroatoms. The lowest BCUT2D eigenvalue weighted by atomic mass is 10.1. The highest BCUT2D eigenvalue weighted by molar-refractivity contribution is 5.36. The molecule has 120 valence electrons. The van der Waals surface area contributed by atoms with Gasteiger partial charge in [-0.05, 0) is 31.0 Å². The quantitative estimate of drug-likeness (QED) is 0.643. The van der Waals surface area contributed by atoms with Crippen molar-refractivity contribution in [3.05, 3.63) is 68.0 Å². The van der Waals surface area contributed by atoms with Gasteiger partial charge in [-0.3, -0.25) is 13.9 Å². The number of nitrogens with zero attached hydrogens (tertiary/aromatic N) is 2. The van der Waals surface area contributed by atoms with E-state index in [0.717, 1.165) is 35.0 Å². The SMILES string of the molecule is CCCCC#Cc1ccc(Cn2cc(C)c(=O)n(C)c2=O)cc1. The maximum Gasteiger partial charge on any atom is 0.331 e. The molecule has 0 saturated carbocycles. The van der Waals surface area contributed by atoms with Gasteiger partial charge in [-0.2, -0.15) is 0 Å². The van der Waals surface area contributed by atoms with Gasteiger partial charge in [-0.15, -0.1) is 0 Å². The Morgan fingerprint density at radius 3 is 2.48 bits per heavy atom. The van der Waals surface area contributed by atoms with E-state index in [1.165, 1.54) is 7.05 Å². The van der Waals surface area contributed by atoms with Gasteiger partial charge < -0.3 is 0 Å². The fourth-order valence-corrected chi connectivity index (χ4v) is 2.32. The molecule has 2 aromatic rings. The zero-order chi connectivity index (χ0) is 16.8. The third kappa shape index (κ3) is 4.23. The number of unbranched alkanes of at least 4 members (excludes halogenated alkanes) is 2. The van der Waals surface area contributed by atoms with Crippen LogP contribution in [0.25, 0.3) is 0 Å². The van der Waals surface area contributed by atoms with Gasteiger partial charge in [0.15, 0.2) is 0 Å². The molecule has 1 heterocycles. The largest absolute Gasteiger partial charge is 0.331 e. The number of benzene rings is 1. The first-order valence-corrected chi connectivity index (χ1v) is 7.87. The number of hydrogen-bond donors (Lipinski definition) is 0. The van der Waals surface area contributed by atoms with E-state index < -0.39 is 0 Å². The molecule has 0 bridgehead atoms. The second kappa shape index (κ2) is 7.64. The van der Waals surface area contributed by atoms with Gasteiger partial charge in [0, 0.05) is 30.8 Å². The summed E-state index contributed by atoms with van der Waals surface area (Å²) in [6.07, 6.45) is 4.82. The Bertz CT molecular complexity index is 846. The van der Waals surface area contributed by atoms with Crippen LogP contribution in [0.2, 0.25) is 0 Å². The second-order valence-corrected chi connectivity index (χ2v) is 5.69. The third-order valence-electron chi connectivity index (χ3n) is 3.72. The summed E-state index contributed by atoms with van der Waals surface area (Å²) in [6, 6.07) is 7.87. The van der Waals surface area contributed by atoms with Crippen LogP contribution in [0, 0.1) is 18.8 Å². The summed E-state index contributed by atoms with van der Waals surface area (Å²) in [5.41, 5.74) is 2.00. The molecule has 1 aromatic carbocycles. The van der Waals surface area contributed by atoms with Gasteiger partial charge in [0.25, 0.3) is 5.56 Å². The van der Waals surface area contributed by atoms with Gasteiger partial charge in [-0.1, -0.05) is 37.3 Å². The summed E-state index contributed by atoms with van der Waals surface area (Å²) in [5, 5.41) is 0. The van der Waals surface area contributed by atoms with Crippen molar-refractivity contribution in [2.75, 3.05) is 0 Å². The molecule has 0 unspecified atom stereocenters. The summed E-state index contributed by atoms with van der Waals surface area (Å²) in [4.78, 5) is 23.8. The molecule has 0 saturated heterocycles. The topological polar surface area (TPSA) is 44.0 Å². The molecule has 0 atom stereocenters. The minimum atomic E-state index is -0.302. The predicted molar refractivity (Wildman–Crippen MR) is 92.6 cm³/mol. The van der Waals surface area contributed by atoms with E-state index in [-0.39, 0.29) is 11.2 Å². The maximum atomic E-state index is 12.1. The number of rotatable bonds is 4. The van der Waals surface area contributed by atoms with Gasteiger partial charge in [0.1, 0.15) is 0 Å². The molecule has 0 aliphatic heterocycles. The van der Waals surface area contributed by atoms with Crippen molar-refractivity contribution in [1.82, 2.24) is 9.13 Å². The highest BCUT2D eigenvalue weighted by atomic mass is 16.2. The highest BCUT2D eigenvalue weighted by Gasteiger charge is 2.05. The summed E-state index contributed by atoms with van der Waals surface area (Å²) in [6.45, 7) is 4.31. The minimum absolute atomic E-state index is 0.246. The summed E-state index contributed by atoms with van der Waals surface area (Å²) >= 11 is 0. The molecule has 23 heavy (non-hydrogen) atoms. The molecule has 0 aliphatic rings. The molecule has 0 aliphatic carbocycles. The van der Waals surface area contributed by atoms with Crippen molar-refractivity contribution in [3.63, 3.8) is 0 Å². The molecule has 0 spiro atoms. The zero-order valence-corrected chi connectivity index (χ0v) is 13.9. The lowest BCUT2D eigenvalue weighted by molar-refractivity contribution is 0.638. The van der Waals surface area contributed by atoms with Crippen LogP contribution >= 0.6 is 0 Å². The highest BCUT2D eigenvalue weighted by Crippen LogP contribution is 2.05. The standard InChI is InChI=1S/C19H22N2O2/c1-4-5-6-7-8-16-9-11-17(12-10-16)14-21-13-15(2)18(22)20(3)19(21)23/h9-13H,4-6,14H2,1-3H3. The lowest BCUT2D eigenvalue weighted by Crippen LogP contribution is -2.38.